The van der Waals surface area contributed by atoms with Crippen LogP contribution in [0.15, 0.2) is 65.6 Å². The van der Waals surface area contributed by atoms with Crippen molar-refractivity contribution in [2.24, 2.45) is 0 Å². The van der Waals surface area contributed by atoms with E-state index in [-0.39, 0.29) is 17.0 Å². The van der Waals surface area contributed by atoms with Crippen molar-refractivity contribution in [1.29, 1.82) is 0 Å². The van der Waals surface area contributed by atoms with Crippen LogP contribution in [0.3, 0.4) is 0 Å². The number of aryl methyl sites for hydroxylation is 2. The van der Waals surface area contributed by atoms with Gasteiger partial charge < -0.3 is 5.11 Å². The molecule has 0 saturated carbocycles. The topological polar surface area (TPSA) is 57.6 Å². The molecule has 0 aliphatic carbocycles. The lowest BCUT2D eigenvalue weighted by atomic mass is 9.96. The molecule has 146 valence electrons. The molecule has 1 aliphatic heterocycles. The van der Waals surface area contributed by atoms with Crippen molar-refractivity contribution in [2.75, 3.05) is 4.90 Å². The molecular weight excluding hydrogens is 389 g/mol. The third kappa shape index (κ3) is 3.25. The minimum Gasteiger partial charge on any atom is -0.507 e. The smallest absolute Gasteiger partial charge is 0.300 e. The Morgan fingerprint density at radius 2 is 1.86 bits per heavy atom. The summed E-state index contributed by atoms with van der Waals surface area (Å²) in [6.45, 7) is 3.72. The number of Topliss-reactive ketones (excluding diaryl/α,β-unsaturated/α-hetero) is 1. The molecule has 4 nitrogen and oxygen atoms in total. The van der Waals surface area contributed by atoms with Crippen molar-refractivity contribution < 1.29 is 19.1 Å². The van der Waals surface area contributed by atoms with Crippen molar-refractivity contribution in [2.45, 2.75) is 19.9 Å². The van der Waals surface area contributed by atoms with Crippen molar-refractivity contribution >= 4 is 34.5 Å². The average molecular weight is 407 g/mol. The van der Waals surface area contributed by atoms with Crippen LogP contribution in [-0.4, -0.2) is 16.8 Å². The van der Waals surface area contributed by atoms with Gasteiger partial charge in [-0.2, -0.15) is 0 Å². The first kappa shape index (κ1) is 19.1. The van der Waals surface area contributed by atoms with Gasteiger partial charge in [0.05, 0.1) is 5.57 Å². The predicted octanol–water partition coefficient (Wildman–Crippen LogP) is 5.13. The molecule has 1 N–H and O–H groups in total. The van der Waals surface area contributed by atoms with Gasteiger partial charge in [0.2, 0.25) is 0 Å². The highest BCUT2D eigenvalue weighted by molar-refractivity contribution is 7.10. The van der Waals surface area contributed by atoms with E-state index < -0.39 is 23.5 Å². The number of nitrogens with zero attached hydrogens (tertiary/aromatic N) is 1. The summed E-state index contributed by atoms with van der Waals surface area (Å²) in [5.74, 6) is -2.31. The van der Waals surface area contributed by atoms with Gasteiger partial charge in [0, 0.05) is 16.1 Å². The fraction of sp³-hybridized carbons (Fsp3) is 0.130. The van der Waals surface area contributed by atoms with Crippen LogP contribution in [0.4, 0.5) is 10.1 Å². The number of hydrogen-bond donors (Lipinski definition) is 1. The summed E-state index contributed by atoms with van der Waals surface area (Å²) < 4.78 is 13.9. The van der Waals surface area contributed by atoms with Crippen LogP contribution in [0.2, 0.25) is 0 Å². The molecule has 6 heteroatoms. The van der Waals surface area contributed by atoms with E-state index in [0.29, 0.717) is 10.4 Å². The summed E-state index contributed by atoms with van der Waals surface area (Å²) in [5, 5.41) is 12.9. The maximum absolute atomic E-state index is 13.9. The number of carbonyl (C=O) groups is 2. The first-order valence-corrected chi connectivity index (χ1v) is 9.94. The molecular formula is C23H18FNO3S. The number of hydrogen-bond acceptors (Lipinski definition) is 4. The van der Waals surface area contributed by atoms with E-state index in [0.717, 1.165) is 11.1 Å². The number of anilines is 1. The molecule has 1 saturated heterocycles. The van der Waals surface area contributed by atoms with Gasteiger partial charge in [-0.05, 0) is 55.1 Å². The first-order chi connectivity index (χ1) is 13.9. The Hall–Kier alpha value is -3.25. The highest BCUT2D eigenvalue weighted by Gasteiger charge is 2.47. The van der Waals surface area contributed by atoms with Crippen LogP contribution in [0.1, 0.15) is 27.6 Å². The number of ketones is 1. The molecule has 1 fully saturated rings. The summed E-state index contributed by atoms with van der Waals surface area (Å²) in [5.41, 5.74) is 2.49. The minimum absolute atomic E-state index is 0.00964. The van der Waals surface area contributed by atoms with Crippen LogP contribution in [0.5, 0.6) is 0 Å². The zero-order chi connectivity index (χ0) is 20.7. The molecule has 1 aliphatic rings. The van der Waals surface area contributed by atoms with E-state index in [1.807, 2.05) is 37.4 Å². The Bertz CT molecular complexity index is 1150. The van der Waals surface area contributed by atoms with Gasteiger partial charge in [-0.1, -0.05) is 29.8 Å². The van der Waals surface area contributed by atoms with Gasteiger partial charge >= 0.3 is 0 Å². The predicted molar refractivity (Wildman–Crippen MR) is 111 cm³/mol. The largest absolute Gasteiger partial charge is 0.507 e. The minimum atomic E-state index is -0.822. The van der Waals surface area contributed by atoms with Crippen molar-refractivity contribution in [1.82, 2.24) is 0 Å². The molecule has 0 radical (unpaired) electrons. The van der Waals surface area contributed by atoms with Gasteiger partial charge in [-0.15, -0.1) is 11.3 Å². The second kappa shape index (κ2) is 7.29. The van der Waals surface area contributed by atoms with E-state index in [2.05, 4.69) is 0 Å². The SMILES string of the molecule is Cc1ccc(C)c(/C(O)=C2/C(=O)C(=O)N(c3cccc(F)c3)C2c2cccs2)c1. The molecule has 1 unspecified atom stereocenters. The molecule has 2 aromatic carbocycles. The van der Waals surface area contributed by atoms with E-state index >= 15 is 0 Å². The summed E-state index contributed by atoms with van der Waals surface area (Å²) in [7, 11) is 0. The van der Waals surface area contributed by atoms with Crippen LogP contribution in [0.25, 0.3) is 5.76 Å². The zero-order valence-electron chi connectivity index (χ0n) is 15.8. The van der Waals surface area contributed by atoms with E-state index in [9.17, 15) is 19.1 Å². The normalized spacial score (nSPS) is 18.4. The Morgan fingerprint density at radius 3 is 2.55 bits per heavy atom. The number of aliphatic hydroxyl groups is 1. The van der Waals surface area contributed by atoms with Gasteiger partial charge in [-0.3, -0.25) is 14.5 Å². The van der Waals surface area contributed by atoms with Crippen molar-refractivity contribution in [3.05, 3.63) is 92.9 Å². The molecule has 1 atom stereocenters. The molecule has 29 heavy (non-hydrogen) atoms. The average Bonchev–Trinajstić information content (AvgIpc) is 3.30. The molecule has 4 rings (SSSR count). The molecule has 1 amide bonds. The van der Waals surface area contributed by atoms with Crippen LogP contribution >= 0.6 is 11.3 Å². The van der Waals surface area contributed by atoms with Crippen LogP contribution in [0, 0.1) is 19.7 Å². The van der Waals surface area contributed by atoms with E-state index in [1.54, 1.807) is 18.2 Å². The van der Waals surface area contributed by atoms with E-state index in [4.69, 9.17) is 0 Å². The van der Waals surface area contributed by atoms with Crippen LogP contribution < -0.4 is 4.90 Å². The Kier molecular flexibility index (Phi) is 4.80. The first-order valence-electron chi connectivity index (χ1n) is 9.06. The number of thiophene rings is 1. The summed E-state index contributed by atoms with van der Waals surface area (Å²) in [6, 6.07) is 13.9. The van der Waals surface area contributed by atoms with Crippen molar-refractivity contribution in [3.8, 4) is 0 Å². The number of benzene rings is 2. The standard InChI is InChI=1S/C23H18FNO3S/c1-13-8-9-14(2)17(11-13)21(26)19-20(18-7-4-10-29-18)25(23(28)22(19)27)16-6-3-5-15(24)12-16/h3-12,20,26H,1-2H3/b21-19-. The quantitative estimate of drug-likeness (QED) is 0.372. The second-order valence-corrected chi connectivity index (χ2v) is 7.96. The third-order valence-electron chi connectivity index (χ3n) is 4.99. The third-order valence-corrected chi connectivity index (χ3v) is 5.92. The van der Waals surface area contributed by atoms with Crippen molar-refractivity contribution in [3.63, 3.8) is 0 Å². The van der Waals surface area contributed by atoms with Gasteiger partial charge in [0.1, 0.15) is 17.6 Å². The Balaban J connectivity index is 1.97. The van der Waals surface area contributed by atoms with Gasteiger partial charge in [-0.25, -0.2) is 4.39 Å². The molecule has 2 heterocycles. The lowest BCUT2D eigenvalue weighted by Crippen LogP contribution is -2.29. The summed E-state index contributed by atoms with van der Waals surface area (Å²) in [6.07, 6.45) is 0. The van der Waals surface area contributed by atoms with Gasteiger partial charge in [0.25, 0.3) is 11.7 Å². The number of amides is 1. The monoisotopic (exact) mass is 407 g/mol. The number of carbonyl (C=O) groups excluding carboxylic acids is 2. The van der Waals surface area contributed by atoms with Crippen LogP contribution in [-0.2, 0) is 9.59 Å². The highest BCUT2D eigenvalue weighted by Crippen LogP contribution is 2.43. The maximum Gasteiger partial charge on any atom is 0.300 e. The fourth-order valence-corrected chi connectivity index (χ4v) is 4.40. The maximum atomic E-state index is 13.9. The molecule has 0 spiro atoms. The fourth-order valence-electron chi connectivity index (χ4n) is 3.58. The second-order valence-electron chi connectivity index (χ2n) is 6.98. The molecule has 0 bridgehead atoms. The number of rotatable bonds is 3. The lowest BCUT2D eigenvalue weighted by Gasteiger charge is -2.24. The molecule has 1 aromatic heterocycles. The zero-order valence-corrected chi connectivity index (χ0v) is 16.7. The van der Waals surface area contributed by atoms with Gasteiger partial charge in [0.15, 0.2) is 0 Å². The highest BCUT2D eigenvalue weighted by atomic mass is 32.1. The van der Waals surface area contributed by atoms with E-state index in [1.165, 1.54) is 34.4 Å². The number of halogens is 1. The summed E-state index contributed by atoms with van der Waals surface area (Å²) in [4.78, 5) is 27.9. The summed E-state index contributed by atoms with van der Waals surface area (Å²) >= 11 is 1.37. The lowest BCUT2D eigenvalue weighted by molar-refractivity contribution is -0.132. The molecule has 3 aromatic rings. The number of aliphatic hydroxyl groups excluding tert-OH is 1. The Labute approximate surface area is 171 Å². The Morgan fingerprint density at radius 1 is 1.07 bits per heavy atom.